The summed E-state index contributed by atoms with van der Waals surface area (Å²) in [7, 11) is -3.53. The Kier molecular flexibility index (Phi) is 3.63. The molecule has 2 aliphatic rings. The molecule has 0 bridgehead atoms. The summed E-state index contributed by atoms with van der Waals surface area (Å²) in [4.78, 5) is 6.41. The monoisotopic (exact) mass is 297 g/mol. The van der Waals surface area contributed by atoms with Gasteiger partial charge in [0.1, 0.15) is 4.90 Å². The summed E-state index contributed by atoms with van der Waals surface area (Å²) in [5.74, 6) is 5.38. The molecule has 1 aliphatic heterocycles. The number of rotatable bonds is 4. The molecule has 110 valence electrons. The van der Waals surface area contributed by atoms with E-state index in [2.05, 4.69) is 15.3 Å². The van der Waals surface area contributed by atoms with E-state index in [4.69, 9.17) is 5.84 Å². The zero-order valence-electron chi connectivity index (χ0n) is 11.2. The van der Waals surface area contributed by atoms with Gasteiger partial charge in [0.25, 0.3) is 0 Å². The van der Waals surface area contributed by atoms with E-state index < -0.39 is 10.0 Å². The molecule has 0 unspecified atom stereocenters. The van der Waals surface area contributed by atoms with Gasteiger partial charge < -0.3 is 5.43 Å². The minimum atomic E-state index is -3.53. The number of piperazine rings is 1. The first kappa shape index (κ1) is 13.7. The van der Waals surface area contributed by atoms with Crippen LogP contribution in [0.4, 0.5) is 5.69 Å². The van der Waals surface area contributed by atoms with Crippen LogP contribution in [0.25, 0.3) is 0 Å². The molecule has 1 aromatic heterocycles. The van der Waals surface area contributed by atoms with Crippen molar-refractivity contribution in [3.05, 3.63) is 18.5 Å². The molecule has 20 heavy (non-hydrogen) atoms. The summed E-state index contributed by atoms with van der Waals surface area (Å²) in [5.41, 5.74) is 2.80. The first-order valence-electron chi connectivity index (χ1n) is 6.78. The number of aromatic nitrogens is 1. The van der Waals surface area contributed by atoms with Crippen molar-refractivity contribution in [3.63, 3.8) is 0 Å². The van der Waals surface area contributed by atoms with Gasteiger partial charge in [-0.05, 0) is 18.9 Å². The lowest BCUT2D eigenvalue weighted by atomic mass is 10.3. The van der Waals surface area contributed by atoms with Gasteiger partial charge in [-0.15, -0.1) is 0 Å². The largest absolute Gasteiger partial charge is 0.323 e. The van der Waals surface area contributed by atoms with Gasteiger partial charge in [0, 0.05) is 44.6 Å². The number of pyridine rings is 1. The molecule has 0 atom stereocenters. The highest BCUT2D eigenvalue weighted by atomic mass is 32.2. The Labute approximate surface area is 118 Å². The average Bonchev–Trinajstić information content (AvgIpc) is 3.32. The lowest BCUT2D eigenvalue weighted by Gasteiger charge is -2.34. The Bertz CT molecular complexity index is 579. The molecular weight excluding hydrogens is 278 g/mol. The van der Waals surface area contributed by atoms with Crippen molar-refractivity contribution >= 4 is 15.7 Å². The van der Waals surface area contributed by atoms with Crippen molar-refractivity contribution in [1.82, 2.24) is 14.2 Å². The van der Waals surface area contributed by atoms with Gasteiger partial charge in [-0.25, -0.2) is 8.42 Å². The molecule has 3 N–H and O–H groups in total. The first-order chi connectivity index (χ1) is 9.63. The van der Waals surface area contributed by atoms with Crippen LogP contribution in [0.15, 0.2) is 23.4 Å². The summed E-state index contributed by atoms with van der Waals surface area (Å²) in [5, 5.41) is 0. The Morgan fingerprint density at radius 3 is 2.55 bits per heavy atom. The average molecular weight is 297 g/mol. The number of sulfonamides is 1. The third kappa shape index (κ3) is 2.51. The number of nitrogens with zero attached hydrogens (tertiary/aromatic N) is 3. The van der Waals surface area contributed by atoms with Crippen LogP contribution in [-0.2, 0) is 10.0 Å². The molecule has 0 amide bonds. The number of hydrogen-bond acceptors (Lipinski definition) is 6. The molecule has 7 nitrogen and oxygen atoms in total. The van der Waals surface area contributed by atoms with E-state index >= 15 is 0 Å². The fourth-order valence-corrected chi connectivity index (χ4v) is 4.11. The van der Waals surface area contributed by atoms with E-state index in [9.17, 15) is 8.42 Å². The van der Waals surface area contributed by atoms with Gasteiger partial charge in [-0.1, -0.05) is 0 Å². The van der Waals surface area contributed by atoms with Gasteiger partial charge in [0.15, 0.2) is 0 Å². The van der Waals surface area contributed by atoms with Crippen LogP contribution in [0.1, 0.15) is 12.8 Å². The Hall–Kier alpha value is -1.22. The molecule has 1 saturated heterocycles. The van der Waals surface area contributed by atoms with Crippen LogP contribution in [0.5, 0.6) is 0 Å². The molecular formula is C12H19N5O2S. The smallest absolute Gasteiger partial charge is 0.246 e. The highest BCUT2D eigenvalue weighted by Crippen LogP contribution is 2.29. The van der Waals surface area contributed by atoms with E-state index in [0.29, 0.717) is 24.8 Å². The third-order valence-electron chi connectivity index (χ3n) is 3.89. The van der Waals surface area contributed by atoms with Gasteiger partial charge in [-0.2, -0.15) is 4.31 Å². The summed E-state index contributed by atoms with van der Waals surface area (Å²) in [6.45, 7) is 2.65. The third-order valence-corrected chi connectivity index (χ3v) is 5.82. The predicted molar refractivity (Wildman–Crippen MR) is 75.4 cm³/mol. The number of nitrogens with one attached hydrogen (secondary N) is 1. The van der Waals surface area contributed by atoms with Crippen molar-refractivity contribution in [2.45, 2.75) is 23.8 Å². The second-order valence-electron chi connectivity index (χ2n) is 5.19. The lowest BCUT2D eigenvalue weighted by molar-refractivity contribution is 0.180. The normalized spacial score (nSPS) is 21.9. The van der Waals surface area contributed by atoms with Crippen molar-refractivity contribution in [2.75, 3.05) is 31.6 Å². The second kappa shape index (κ2) is 5.28. The van der Waals surface area contributed by atoms with Crippen molar-refractivity contribution in [2.24, 2.45) is 5.84 Å². The summed E-state index contributed by atoms with van der Waals surface area (Å²) in [6, 6.07) is 2.24. The highest BCUT2D eigenvalue weighted by Gasteiger charge is 2.35. The SMILES string of the molecule is NNc1ccncc1S(=O)(=O)N1CCN(C2CC2)CC1. The number of hydrogen-bond donors (Lipinski definition) is 2. The van der Waals surface area contributed by atoms with E-state index in [1.54, 1.807) is 6.07 Å². The van der Waals surface area contributed by atoms with E-state index in [1.807, 2.05) is 0 Å². The Morgan fingerprint density at radius 2 is 1.95 bits per heavy atom. The lowest BCUT2D eigenvalue weighted by Crippen LogP contribution is -2.49. The van der Waals surface area contributed by atoms with E-state index in [1.165, 1.54) is 29.5 Å². The second-order valence-corrected chi connectivity index (χ2v) is 7.09. The first-order valence-corrected chi connectivity index (χ1v) is 8.22. The number of nitrogens with two attached hydrogens (primary N) is 1. The number of anilines is 1. The van der Waals surface area contributed by atoms with Crippen LogP contribution in [0, 0.1) is 0 Å². The minimum absolute atomic E-state index is 0.141. The molecule has 0 aromatic carbocycles. The van der Waals surface area contributed by atoms with Crippen molar-refractivity contribution in [1.29, 1.82) is 0 Å². The van der Waals surface area contributed by atoms with Gasteiger partial charge in [0.05, 0.1) is 5.69 Å². The summed E-state index contributed by atoms with van der Waals surface area (Å²) < 4.78 is 26.8. The molecule has 0 radical (unpaired) electrons. The molecule has 1 aromatic rings. The molecule has 0 spiro atoms. The summed E-state index contributed by atoms with van der Waals surface area (Å²) >= 11 is 0. The van der Waals surface area contributed by atoms with Crippen molar-refractivity contribution < 1.29 is 8.42 Å². The predicted octanol–water partition coefficient (Wildman–Crippen LogP) is -0.164. The highest BCUT2D eigenvalue weighted by molar-refractivity contribution is 7.89. The zero-order chi connectivity index (χ0) is 14.2. The van der Waals surface area contributed by atoms with Gasteiger partial charge in [0.2, 0.25) is 10.0 Å². The van der Waals surface area contributed by atoms with Crippen LogP contribution < -0.4 is 11.3 Å². The van der Waals surface area contributed by atoms with Crippen molar-refractivity contribution in [3.8, 4) is 0 Å². The van der Waals surface area contributed by atoms with E-state index in [-0.39, 0.29) is 4.90 Å². The maximum Gasteiger partial charge on any atom is 0.246 e. The maximum atomic E-state index is 12.6. The number of nitrogen functional groups attached to an aromatic ring is 1. The van der Waals surface area contributed by atoms with E-state index in [0.717, 1.165) is 13.1 Å². The van der Waals surface area contributed by atoms with Gasteiger partial charge >= 0.3 is 0 Å². The molecule has 3 rings (SSSR count). The Morgan fingerprint density at radius 1 is 1.25 bits per heavy atom. The molecule has 2 heterocycles. The minimum Gasteiger partial charge on any atom is -0.323 e. The molecule has 2 fully saturated rings. The van der Waals surface area contributed by atoms with Crippen LogP contribution >= 0.6 is 0 Å². The molecule has 1 saturated carbocycles. The maximum absolute atomic E-state index is 12.6. The molecule has 8 heteroatoms. The van der Waals surface area contributed by atoms with Crippen LogP contribution in [-0.4, -0.2) is 54.8 Å². The fraction of sp³-hybridized carbons (Fsp3) is 0.583. The topological polar surface area (TPSA) is 91.6 Å². The summed E-state index contributed by atoms with van der Waals surface area (Å²) in [6.07, 6.45) is 5.35. The Balaban J connectivity index is 1.78. The zero-order valence-corrected chi connectivity index (χ0v) is 12.0. The van der Waals surface area contributed by atoms with Crippen LogP contribution in [0.3, 0.4) is 0 Å². The standard InChI is InChI=1S/C12H19N5O2S/c13-15-11-3-4-14-9-12(11)20(18,19)17-7-5-16(6-8-17)10-1-2-10/h3-4,9-10H,1-2,5-8,13H2,(H,14,15). The fourth-order valence-electron chi connectivity index (χ4n) is 2.59. The molecule has 1 aliphatic carbocycles. The number of hydrazine groups is 1. The van der Waals surface area contributed by atoms with Crippen LogP contribution in [0.2, 0.25) is 0 Å². The van der Waals surface area contributed by atoms with Gasteiger partial charge in [-0.3, -0.25) is 15.7 Å². The quantitative estimate of drug-likeness (QED) is 0.592.